The third-order valence-corrected chi connectivity index (χ3v) is 5.47. The average molecular weight is 500 g/mol. The van der Waals surface area contributed by atoms with Crippen LogP contribution in [-0.2, 0) is 5.41 Å². The van der Waals surface area contributed by atoms with Crippen molar-refractivity contribution >= 4 is 51.1 Å². The second kappa shape index (κ2) is 7.55. The minimum absolute atomic E-state index is 0.149. The maximum absolute atomic E-state index is 12.8. The molecule has 6 nitrogen and oxygen atoms in total. The summed E-state index contributed by atoms with van der Waals surface area (Å²) < 4.78 is 8.37. The quantitative estimate of drug-likeness (QED) is 0.331. The van der Waals surface area contributed by atoms with E-state index in [1.165, 1.54) is 0 Å². The Morgan fingerprint density at radius 2 is 1.83 bits per heavy atom. The molecule has 0 bridgehead atoms. The first kappa shape index (κ1) is 19.5. The molecule has 4 aromatic rings. The Morgan fingerprint density at radius 1 is 1.07 bits per heavy atom. The Morgan fingerprint density at radius 3 is 2.55 bits per heavy atom. The monoisotopic (exact) mass is 500 g/mol. The van der Waals surface area contributed by atoms with Gasteiger partial charge in [-0.2, -0.15) is 5.10 Å². The molecule has 148 valence electrons. The summed E-state index contributed by atoms with van der Waals surface area (Å²) in [4.78, 5) is 12.8. The number of para-hydroxylation sites is 1. The topological polar surface area (TPSA) is 72.1 Å². The lowest BCUT2D eigenvalue weighted by atomic mass is 9.92. The number of benzene rings is 2. The molecule has 2 heterocycles. The number of rotatable bonds is 3. The Labute approximate surface area is 182 Å². The van der Waals surface area contributed by atoms with Gasteiger partial charge in [0.05, 0.1) is 23.3 Å². The molecule has 2 aromatic carbocycles. The van der Waals surface area contributed by atoms with E-state index in [1.807, 2.05) is 54.6 Å². The molecule has 4 rings (SSSR count). The van der Waals surface area contributed by atoms with Crippen LogP contribution in [-0.4, -0.2) is 15.8 Å². The zero-order valence-corrected chi connectivity index (χ0v) is 18.5. The Bertz CT molecular complexity index is 1170. The number of carbonyl (C=O) groups is 1. The first-order chi connectivity index (χ1) is 13.8. The van der Waals surface area contributed by atoms with E-state index in [-0.39, 0.29) is 11.4 Å². The van der Waals surface area contributed by atoms with Crippen molar-refractivity contribution in [3.63, 3.8) is 0 Å². The zero-order chi connectivity index (χ0) is 20.6. The summed E-state index contributed by atoms with van der Waals surface area (Å²) in [5.41, 5.74) is 2.88. The minimum atomic E-state index is -0.360. The number of anilines is 2. The van der Waals surface area contributed by atoms with Crippen molar-refractivity contribution in [2.75, 3.05) is 10.6 Å². The summed E-state index contributed by atoms with van der Waals surface area (Å²) >= 11 is 2.24. The lowest BCUT2D eigenvalue weighted by Gasteiger charge is -2.14. The highest BCUT2D eigenvalue weighted by Crippen LogP contribution is 2.29. The lowest BCUT2D eigenvalue weighted by Crippen LogP contribution is -2.21. The van der Waals surface area contributed by atoms with E-state index in [9.17, 15) is 4.79 Å². The molecular formula is C22H21IN4O2. The minimum Gasteiger partial charge on any atom is -0.462 e. The van der Waals surface area contributed by atoms with E-state index in [0.717, 1.165) is 20.3 Å². The Kier molecular flexibility index (Phi) is 5.08. The number of halogens is 1. The number of urea groups is 1. The van der Waals surface area contributed by atoms with Crippen LogP contribution in [0.3, 0.4) is 0 Å². The number of furan rings is 1. The number of amides is 2. The molecule has 0 spiro atoms. The third kappa shape index (κ3) is 4.00. The molecule has 0 fully saturated rings. The molecular weight excluding hydrogens is 479 g/mol. The first-order valence-electron chi connectivity index (χ1n) is 9.22. The van der Waals surface area contributed by atoms with Gasteiger partial charge in [-0.1, -0.05) is 39.0 Å². The van der Waals surface area contributed by atoms with E-state index in [0.29, 0.717) is 17.1 Å². The normalized spacial score (nSPS) is 11.6. The van der Waals surface area contributed by atoms with Crippen LogP contribution < -0.4 is 10.6 Å². The van der Waals surface area contributed by atoms with Crippen molar-refractivity contribution in [3.8, 4) is 5.69 Å². The number of nitrogens with one attached hydrogen (secondary N) is 2. The molecule has 0 radical (unpaired) electrons. The summed E-state index contributed by atoms with van der Waals surface area (Å²) in [5.74, 6) is 0.597. The SMILES string of the molecule is CC(C)(C)c1cc(NC(=O)Nc2ccc(I)c3ccoc23)n(-c2ccccc2)n1. The Hall–Kier alpha value is -2.81. The number of carbonyl (C=O) groups excluding carboxylic acids is 1. The summed E-state index contributed by atoms with van der Waals surface area (Å²) in [6.45, 7) is 6.27. The maximum Gasteiger partial charge on any atom is 0.324 e. The second-order valence-corrected chi connectivity index (χ2v) is 8.91. The lowest BCUT2D eigenvalue weighted by molar-refractivity contribution is 0.262. The van der Waals surface area contributed by atoms with Gasteiger partial charge in [0.15, 0.2) is 5.58 Å². The summed E-state index contributed by atoms with van der Waals surface area (Å²) in [6.07, 6.45) is 1.62. The highest BCUT2D eigenvalue weighted by atomic mass is 127. The van der Waals surface area contributed by atoms with Gasteiger partial charge in [0, 0.05) is 20.4 Å². The Balaban J connectivity index is 1.64. The number of hydrogen-bond donors (Lipinski definition) is 2. The van der Waals surface area contributed by atoms with Gasteiger partial charge in [0.2, 0.25) is 0 Å². The van der Waals surface area contributed by atoms with E-state index in [1.54, 1.807) is 10.9 Å². The summed E-state index contributed by atoms with van der Waals surface area (Å²) in [5, 5.41) is 11.5. The molecule has 0 saturated heterocycles. The molecule has 2 amide bonds. The van der Waals surface area contributed by atoms with Gasteiger partial charge in [-0.25, -0.2) is 9.48 Å². The van der Waals surface area contributed by atoms with Gasteiger partial charge in [-0.3, -0.25) is 5.32 Å². The first-order valence-corrected chi connectivity index (χ1v) is 10.3. The second-order valence-electron chi connectivity index (χ2n) is 7.75. The van der Waals surface area contributed by atoms with Crippen molar-refractivity contribution in [2.24, 2.45) is 0 Å². The highest BCUT2D eigenvalue weighted by molar-refractivity contribution is 14.1. The largest absolute Gasteiger partial charge is 0.462 e. The number of nitrogens with zero attached hydrogens (tertiary/aromatic N) is 2. The molecule has 7 heteroatoms. The predicted molar refractivity (Wildman–Crippen MR) is 124 cm³/mol. The van der Waals surface area contributed by atoms with Gasteiger partial charge in [-0.15, -0.1) is 0 Å². The molecule has 0 atom stereocenters. The fourth-order valence-corrected chi connectivity index (χ4v) is 3.60. The molecule has 0 aliphatic carbocycles. The zero-order valence-electron chi connectivity index (χ0n) is 16.4. The van der Waals surface area contributed by atoms with Crippen LogP contribution >= 0.6 is 22.6 Å². The predicted octanol–water partition coefficient (Wildman–Crippen LogP) is 6.16. The van der Waals surface area contributed by atoms with Crippen LogP contribution in [0.5, 0.6) is 0 Å². The summed E-state index contributed by atoms with van der Waals surface area (Å²) in [6, 6.07) is 16.9. The van der Waals surface area contributed by atoms with Crippen molar-refractivity contribution in [1.29, 1.82) is 0 Å². The molecule has 29 heavy (non-hydrogen) atoms. The van der Waals surface area contributed by atoms with E-state index in [2.05, 4.69) is 54.0 Å². The van der Waals surface area contributed by atoms with Gasteiger partial charge in [0.25, 0.3) is 0 Å². The number of fused-ring (bicyclic) bond motifs is 1. The third-order valence-electron chi connectivity index (χ3n) is 4.53. The average Bonchev–Trinajstić information content (AvgIpc) is 3.32. The molecule has 0 aliphatic rings. The van der Waals surface area contributed by atoms with Crippen LogP contribution in [0, 0.1) is 3.57 Å². The van der Waals surface area contributed by atoms with Gasteiger partial charge >= 0.3 is 6.03 Å². The van der Waals surface area contributed by atoms with Crippen LogP contribution in [0.4, 0.5) is 16.3 Å². The molecule has 0 saturated carbocycles. The smallest absolute Gasteiger partial charge is 0.324 e. The van der Waals surface area contributed by atoms with Crippen LogP contribution in [0.2, 0.25) is 0 Å². The van der Waals surface area contributed by atoms with E-state index >= 15 is 0 Å². The van der Waals surface area contributed by atoms with Crippen molar-refractivity contribution in [3.05, 3.63) is 70.1 Å². The molecule has 2 aromatic heterocycles. The fourth-order valence-electron chi connectivity index (χ4n) is 3.00. The molecule has 0 aliphatic heterocycles. The van der Waals surface area contributed by atoms with Gasteiger partial charge < -0.3 is 9.73 Å². The van der Waals surface area contributed by atoms with Crippen LogP contribution in [0.25, 0.3) is 16.7 Å². The van der Waals surface area contributed by atoms with Gasteiger partial charge in [0.1, 0.15) is 5.82 Å². The van der Waals surface area contributed by atoms with Crippen molar-refractivity contribution in [2.45, 2.75) is 26.2 Å². The fraction of sp³-hybridized carbons (Fsp3) is 0.182. The van der Waals surface area contributed by atoms with E-state index in [4.69, 9.17) is 9.52 Å². The standard InChI is InChI=1S/C22H21IN4O2/c1-22(2,3)18-13-19(27(26-18)14-7-5-4-6-8-14)25-21(28)24-17-10-9-16(23)15-11-12-29-20(15)17/h4-13H,1-3H3,(H2,24,25,28). The number of hydrogen-bond acceptors (Lipinski definition) is 3. The molecule has 0 unspecified atom stereocenters. The van der Waals surface area contributed by atoms with Gasteiger partial charge in [-0.05, 0) is 52.9 Å². The highest BCUT2D eigenvalue weighted by Gasteiger charge is 2.22. The van der Waals surface area contributed by atoms with E-state index < -0.39 is 0 Å². The summed E-state index contributed by atoms with van der Waals surface area (Å²) in [7, 11) is 0. The van der Waals surface area contributed by atoms with Crippen molar-refractivity contribution in [1.82, 2.24) is 9.78 Å². The van der Waals surface area contributed by atoms with Crippen LogP contribution in [0.1, 0.15) is 26.5 Å². The van der Waals surface area contributed by atoms with Crippen molar-refractivity contribution < 1.29 is 9.21 Å². The maximum atomic E-state index is 12.8. The van der Waals surface area contributed by atoms with Crippen LogP contribution in [0.15, 0.2) is 65.3 Å². The number of aromatic nitrogens is 2. The molecule has 2 N–H and O–H groups in total.